The largest absolute Gasteiger partial charge is 0.326 e. The maximum absolute atomic E-state index is 12.3. The van der Waals surface area contributed by atoms with Crippen LogP contribution in [0.25, 0.3) is 0 Å². The number of benzene rings is 1. The molecule has 1 heterocycles. The number of carbonyl (C=O) groups excluding carboxylic acids is 1. The Kier molecular flexibility index (Phi) is 6.01. The van der Waals surface area contributed by atoms with Crippen molar-refractivity contribution in [3.05, 3.63) is 24.3 Å². The average molecular weight is 339 g/mol. The molecule has 128 valence electrons. The standard InChI is InChI=1S/C16H25N3O3S/c1-3-10-23(21,22)19-15-6-4-14(5-7-15)18-16(20)13-8-9-17-12(2)11-13/h4-7,12-13,17,19H,3,8-11H2,1-2H3,(H,18,20)/t12-,13-/m0/s1. The molecule has 1 fully saturated rings. The van der Waals surface area contributed by atoms with E-state index in [-0.39, 0.29) is 17.6 Å². The summed E-state index contributed by atoms with van der Waals surface area (Å²) in [4.78, 5) is 12.3. The molecule has 2 rings (SSSR count). The fourth-order valence-corrected chi connectivity index (χ4v) is 3.87. The van der Waals surface area contributed by atoms with Gasteiger partial charge >= 0.3 is 0 Å². The van der Waals surface area contributed by atoms with Crippen LogP contribution in [0.3, 0.4) is 0 Å². The molecule has 2 atom stereocenters. The van der Waals surface area contributed by atoms with Gasteiger partial charge < -0.3 is 10.6 Å². The van der Waals surface area contributed by atoms with Gasteiger partial charge in [-0.2, -0.15) is 0 Å². The van der Waals surface area contributed by atoms with Crippen molar-refractivity contribution in [1.29, 1.82) is 0 Å². The molecule has 1 aromatic rings. The van der Waals surface area contributed by atoms with Crippen LogP contribution < -0.4 is 15.4 Å². The predicted molar refractivity (Wildman–Crippen MR) is 93.0 cm³/mol. The van der Waals surface area contributed by atoms with E-state index in [1.54, 1.807) is 24.3 Å². The molecule has 0 unspecified atom stereocenters. The summed E-state index contributed by atoms with van der Waals surface area (Å²) < 4.78 is 25.9. The molecular formula is C16H25N3O3S. The van der Waals surface area contributed by atoms with Crippen LogP contribution in [-0.4, -0.2) is 32.7 Å². The molecule has 3 N–H and O–H groups in total. The molecule has 0 radical (unpaired) electrons. The van der Waals surface area contributed by atoms with Crippen molar-refractivity contribution in [2.45, 2.75) is 39.2 Å². The summed E-state index contributed by atoms with van der Waals surface area (Å²) in [6.07, 6.45) is 2.24. The van der Waals surface area contributed by atoms with Gasteiger partial charge in [-0.3, -0.25) is 9.52 Å². The van der Waals surface area contributed by atoms with Crippen molar-refractivity contribution < 1.29 is 13.2 Å². The molecular weight excluding hydrogens is 314 g/mol. The number of hydrogen-bond acceptors (Lipinski definition) is 4. The average Bonchev–Trinajstić information content (AvgIpc) is 2.49. The summed E-state index contributed by atoms with van der Waals surface area (Å²) in [5.74, 6) is 0.144. The van der Waals surface area contributed by atoms with Crippen LogP contribution in [0.1, 0.15) is 33.1 Å². The first-order valence-electron chi connectivity index (χ1n) is 8.04. The lowest BCUT2D eigenvalue weighted by atomic mass is 9.92. The van der Waals surface area contributed by atoms with Gasteiger partial charge in [-0.25, -0.2) is 8.42 Å². The van der Waals surface area contributed by atoms with Crippen molar-refractivity contribution in [3.63, 3.8) is 0 Å². The van der Waals surface area contributed by atoms with Crippen LogP contribution in [0.15, 0.2) is 24.3 Å². The van der Waals surface area contributed by atoms with Gasteiger partial charge in [0.05, 0.1) is 5.75 Å². The van der Waals surface area contributed by atoms with Gasteiger partial charge in [-0.1, -0.05) is 6.92 Å². The van der Waals surface area contributed by atoms with Crippen molar-refractivity contribution in [1.82, 2.24) is 5.32 Å². The number of anilines is 2. The number of hydrogen-bond donors (Lipinski definition) is 3. The zero-order chi connectivity index (χ0) is 16.9. The minimum atomic E-state index is -3.29. The molecule has 1 amide bonds. The van der Waals surface area contributed by atoms with Gasteiger partial charge in [-0.15, -0.1) is 0 Å². The number of amides is 1. The lowest BCUT2D eigenvalue weighted by molar-refractivity contribution is -0.120. The molecule has 0 saturated carbocycles. The van der Waals surface area contributed by atoms with Crippen LogP contribution in [-0.2, 0) is 14.8 Å². The summed E-state index contributed by atoms with van der Waals surface area (Å²) in [7, 11) is -3.29. The highest BCUT2D eigenvalue weighted by Crippen LogP contribution is 2.20. The van der Waals surface area contributed by atoms with E-state index in [2.05, 4.69) is 22.3 Å². The van der Waals surface area contributed by atoms with Gasteiger partial charge in [0.1, 0.15) is 0 Å². The zero-order valence-corrected chi connectivity index (χ0v) is 14.4. The molecule has 1 aliphatic heterocycles. The van der Waals surface area contributed by atoms with E-state index in [0.717, 1.165) is 19.4 Å². The van der Waals surface area contributed by atoms with Crippen molar-refractivity contribution in [2.24, 2.45) is 5.92 Å². The Bertz CT molecular complexity index is 628. The Balaban J connectivity index is 1.93. The van der Waals surface area contributed by atoms with Crippen molar-refractivity contribution in [2.75, 3.05) is 22.3 Å². The quantitative estimate of drug-likeness (QED) is 0.741. The van der Waals surface area contributed by atoms with Crippen LogP contribution in [0, 0.1) is 5.92 Å². The fraction of sp³-hybridized carbons (Fsp3) is 0.562. The third-order valence-corrected chi connectivity index (χ3v) is 5.39. The zero-order valence-electron chi connectivity index (χ0n) is 13.6. The Morgan fingerprint density at radius 3 is 2.52 bits per heavy atom. The maximum Gasteiger partial charge on any atom is 0.232 e. The van der Waals surface area contributed by atoms with Crippen LogP contribution in [0.2, 0.25) is 0 Å². The summed E-state index contributed by atoms with van der Waals surface area (Å²) >= 11 is 0. The first-order valence-corrected chi connectivity index (χ1v) is 9.69. The SMILES string of the molecule is CCCS(=O)(=O)Nc1ccc(NC(=O)[C@H]2CCN[C@@H](C)C2)cc1. The lowest BCUT2D eigenvalue weighted by Crippen LogP contribution is -2.40. The Morgan fingerprint density at radius 1 is 1.26 bits per heavy atom. The van der Waals surface area contributed by atoms with Gasteiger partial charge in [0.15, 0.2) is 0 Å². The monoisotopic (exact) mass is 339 g/mol. The molecule has 1 saturated heterocycles. The second-order valence-corrected chi connectivity index (χ2v) is 7.91. The van der Waals surface area contributed by atoms with Crippen LogP contribution >= 0.6 is 0 Å². The van der Waals surface area contributed by atoms with E-state index in [1.165, 1.54) is 0 Å². The highest BCUT2D eigenvalue weighted by molar-refractivity contribution is 7.92. The third kappa shape index (κ3) is 5.51. The number of sulfonamides is 1. The Hall–Kier alpha value is -1.60. The molecule has 23 heavy (non-hydrogen) atoms. The second-order valence-electron chi connectivity index (χ2n) is 6.06. The third-order valence-electron chi connectivity index (χ3n) is 3.89. The first-order chi connectivity index (χ1) is 10.9. The number of rotatable bonds is 6. The smallest absolute Gasteiger partial charge is 0.232 e. The number of piperidine rings is 1. The van der Waals surface area contributed by atoms with Crippen molar-refractivity contribution in [3.8, 4) is 0 Å². The van der Waals surface area contributed by atoms with E-state index in [0.29, 0.717) is 23.8 Å². The molecule has 1 aromatic carbocycles. The minimum Gasteiger partial charge on any atom is -0.326 e. The maximum atomic E-state index is 12.3. The molecule has 0 bridgehead atoms. The van der Waals surface area contributed by atoms with Gasteiger partial charge in [-0.05, 0) is 57.0 Å². The molecule has 0 aromatic heterocycles. The van der Waals surface area contributed by atoms with Crippen LogP contribution in [0.4, 0.5) is 11.4 Å². The number of nitrogens with one attached hydrogen (secondary N) is 3. The second kappa shape index (κ2) is 7.79. The normalized spacial score (nSPS) is 21.7. The molecule has 1 aliphatic rings. The summed E-state index contributed by atoms with van der Waals surface area (Å²) in [6.45, 7) is 4.76. The lowest BCUT2D eigenvalue weighted by Gasteiger charge is -2.27. The molecule has 7 heteroatoms. The molecule has 0 aliphatic carbocycles. The van der Waals surface area contributed by atoms with E-state index in [9.17, 15) is 13.2 Å². The van der Waals surface area contributed by atoms with Gasteiger partial charge in [0.2, 0.25) is 15.9 Å². The first kappa shape index (κ1) is 17.7. The molecule has 0 spiro atoms. The van der Waals surface area contributed by atoms with E-state index >= 15 is 0 Å². The van der Waals surface area contributed by atoms with Gasteiger partial charge in [0, 0.05) is 23.3 Å². The highest BCUT2D eigenvalue weighted by atomic mass is 32.2. The van der Waals surface area contributed by atoms with E-state index < -0.39 is 10.0 Å². The predicted octanol–water partition coefficient (Wildman–Crippen LogP) is 2.16. The van der Waals surface area contributed by atoms with E-state index in [1.807, 2.05) is 6.92 Å². The number of carbonyl (C=O) groups is 1. The summed E-state index contributed by atoms with van der Waals surface area (Å²) in [5.41, 5.74) is 1.19. The topological polar surface area (TPSA) is 87.3 Å². The summed E-state index contributed by atoms with van der Waals surface area (Å²) in [5, 5.41) is 6.23. The highest BCUT2D eigenvalue weighted by Gasteiger charge is 2.24. The Labute approximate surface area is 138 Å². The Morgan fingerprint density at radius 2 is 1.91 bits per heavy atom. The fourth-order valence-electron chi connectivity index (χ4n) is 2.74. The van der Waals surface area contributed by atoms with Crippen molar-refractivity contribution >= 4 is 27.3 Å². The van der Waals surface area contributed by atoms with E-state index in [4.69, 9.17) is 0 Å². The van der Waals surface area contributed by atoms with Gasteiger partial charge in [0.25, 0.3) is 0 Å². The van der Waals surface area contributed by atoms with Crippen LogP contribution in [0.5, 0.6) is 0 Å². The summed E-state index contributed by atoms with van der Waals surface area (Å²) in [6, 6.07) is 7.11. The minimum absolute atomic E-state index is 0.0222. The molecule has 6 nitrogen and oxygen atoms in total.